The van der Waals surface area contributed by atoms with Crippen molar-refractivity contribution in [2.24, 2.45) is 0 Å². The molecule has 0 atom stereocenters. The van der Waals surface area contributed by atoms with Crippen molar-refractivity contribution in [2.45, 2.75) is 6.61 Å². The highest BCUT2D eigenvalue weighted by Crippen LogP contribution is 2.27. The maximum Gasteiger partial charge on any atom is 0.350 e. The SMILES string of the molecule is O=C(OCc1csc2ccccc12)c1sccc1-n1cnnn1. The molecule has 0 spiro atoms. The van der Waals surface area contributed by atoms with Crippen molar-refractivity contribution in [3.63, 3.8) is 0 Å². The Balaban J connectivity index is 1.54. The second-order valence-electron chi connectivity index (χ2n) is 4.72. The zero-order valence-corrected chi connectivity index (χ0v) is 13.4. The van der Waals surface area contributed by atoms with Crippen molar-refractivity contribution in [2.75, 3.05) is 0 Å². The molecule has 23 heavy (non-hydrogen) atoms. The van der Waals surface area contributed by atoms with E-state index in [1.54, 1.807) is 17.4 Å². The number of esters is 1. The number of thiophene rings is 2. The Labute approximate surface area is 138 Å². The van der Waals surface area contributed by atoms with E-state index in [2.05, 4.69) is 21.6 Å². The number of benzene rings is 1. The molecule has 6 nitrogen and oxygen atoms in total. The largest absolute Gasteiger partial charge is 0.457 e. The summed E-state index contributed by atoms with van der Waals surface area (Å²) in [6.45, 7) is 0.246. The highest BCUT2D eigenvalue weighted by Gasteiger charge is 2.17. The van der Waals surface area contributed by atoms with E-state index in [0.29, 0.717) is 10.6 Å². The van der Waals surface area contributed by atoms with E-state index in [-0.39, 0.29) is 12.6 Å². The number of carbonyl (C=O) groups is 1. The Kier molecular flexibility index (Phi) is 3.60. The zero-order valence-electron chi connectivity index (χ0n) is 11.7. The van der Waals surface area contributed by atoms with Gasteiger partial charge in [0.2, 0.25) is 0 Å². The van der Waals surface area contributed by atoms with Crippen LogP contribution in [-0.4, -0.2) is 26.2 Å². The minimum Gasteiger partial charge on any atom is -0.457 e. The van der Waals surface area contributed by atoms with E-state index in [0.717, 1.165) is 10.9 Å². The number of hydrogen-bond donors (Lipinski definition) is 0. The lowest BCUT2D eigenvalue weighted by Gasteiger charge is -2.04. The predicted molar refractivity (Wildman–Crippen MR) is 88.0 cm³/mol. The van der Waals surface area contributed by atoms with Crippen LogP contribution in [0.5, 0.6) is 0 Å². The van der Waals surface area contributed by atoms with Crippen molar-refractivity contribution in [3.05, 3.63) is 57.9 Å². The summed E-state index contributed by atoms with van der Waals surface area (Å²) < 4.78 is 8.11. The van der Waals surface area contributed by atoms with Gasteiger partial charge in [-0.15, -0.1) is 27.8 Å². The van der Waals surface area contributed by atoms with Gasteiger partial charge >= 0.3 is 5.97 Å². The van der Waals surface area contributed by atoms with Gasteiger partial charge in [-0.2, -0.15) is 4.68 Å². The van der Waals surface area contributed by atoms with Crippen LogP contribution in [0.2, 0.25) is 0 Å². The standard InChI is InChI=1S/C15H10N4O2S2/c20-15(14-12(5-6-22-14)19-9-16-17-18-19)21-7-10-8-23-13-4-2-1-3-11(10)13/h1-6,8-9H,7H2. The lowest BCUT2D eigenvalue weighted by Crippen LogP contribution is -2.07. The third kappa shape index (κ3) is 2.62. The van der Waals surface area contributed by atoms with E-state index >= 15 is 0 Å². The first-order valence-corrected chi connectivity index (χ1v) is 8.52. The van der Waals surface area contributed by atoms with Crippen LogP contribution < -0.4 is 0 Å². The fraction of sp³-hybridized carbons (Fsp3) is 0.0667. The maximum atomic E-state index is 12.4. The molecule has 0 bridgehead atoms. The number of fused-ring (bicyclic) bond motifs is 1. The Bertz CT molecular complexity index is 959. The van der Waals surface area contributed by atoms with Crippen LogP contribution in [0.15, 0.2) is 47.4 Å². The molecule has 0 radical (unpaired) electrons. The number of hydrogen-bond acceptors (Lipinski definition) is 7. The van der Waals surface area contributed by atoms with Crippen LogP contribution in [0.3, 0.4) is 0 Å². The smallest absolute Gasteiger partial charge is 0.350 e. The molecule has 1 aromatic carbocycles. The Hall–Kier alpha value is -2.58. The molecule has 0 saturated carbocycles. The highest BCUT2D eigenvalue weighted by atomic mass is 32.1. The molecule has 114 valence electrons. The summed E-state index contributed by atoms with van der Waals surface area (Å²) in [7, 11) is 0. The fourth-order valence-electron chi connectivity index (χ4n) is 2.26. The minimum absolute atomic E-state index is 0.246. The normalized spacial score (nSPS) is 11.0. The van der Waals surface area contributed by atoms with E-state index in [4.69, 9.17) is 4.74 Å². The van der Waals surface area contributed by atoms with Crippen LogP contribution in [0, 0.1) is 0 Å². The summed E-state index contributed by atoms with van der Waals surface area (Å²) in [4.78, 5) is 12.8. The van der Waals surface area contributed by atoms with Crippen LogP contribution in [-0.2, 0) is 11.3 Å². The van der Waals surface area contributed by atoms with Crippen LogP contribution in [0.4, 0.5) is 0 Å². The molecule has 3 heterocycles. The molecule has 0 aliphatic rings. The lowest BCUT2D eigenvalue weighted by atomic mass is 10.2. The first kappa shape index (κ1) is 14.0. The first-order valence-electron chi connectivity index (χ1n) is 6.76. The average molecular weight is 342 g/mol. The number of nitrogens with zero attached hydrogens (tertiary/aromatic N) is 4. The Morgan fingerprint density at radius 1 is 1.22 bits per heavy atom. The third-order valence-electron chi connectivity index (χ3n) is 3.35. The van der Waals surface area contributed by atoms with Gasteiger partial charge in [0, 0.05) is 10.3 Å². The summed E-state index contributed by atoms with van der Waals surface area (Å²) in [5, 5.41) is 15.9. The average Bonchev–Trinajstić information content (AvgIpc) is 3.31. The van der Waals surface area contributed by atoms with E-state index in [1.165, 1.54) is 27.0 Å². The highest BCUT2D eigenvalue weighted by molar-refractivity contribution is 7.17. The van der Waals surface area contributed by atoms with Gasteiger partial charge in [0.05, 0.1) is 5.69 Å². The van der Waals surface area contributed by atoms with Crippen molar-refractivity contribution in [1.29, 1.82) is 0 Å². The monoisotopic (exact) mass is 342 g/mol. The van der Waals surface area contributed by atoms with Crippen LogP contribution >= 0.6 is 22.7 Å². The van der Waals surface area contributed by atoms with E-state index in [9.17, 15) is 4.79 Å². The number of rotatable bonds is 4. The third-order valence-corrected chi connectivity index (χ3v) is 5.24. The molecule has 0 aliphatic heterocycles. The maximum absolute atomic E-state index is 12.4. The van der Waals surface area contributed by atoms with Gasteiger partial charge in [-0.05, 0) is 38.7 Å². The Morgan fingerprint density at radius 2 is 2.13 bits per heavy atom. The first-order chi connectivity index (χ1) is 11.3. The van der Waals surface area contributed by atoms with E-state index < -0.39 is 0 Å². The quantitative estimate of drug-likeness (QED) is 0.532. The number of carbonyl (C=O) groups excluding carboxylic acids is 1. The van der Waals surface area contributed by atoms with Gasteiger partial charge in [0.25, 0.3) is 0 Å². The van der Waals surface area contributed by atoms with E-state index in [1.807, 2.05) is 29.0 Å². The summed E-state index contributed by atoms with van der Waals surface area (Å²) in [5.74, 6) is -0.374. The molecule has 0 fully saturated rings. The molecular formula is C15H10N4O2S2. The lowest BCUT2D eigenvalue weighted by molar-refractivity contribution is 0.0480. The molecule has 4 aromatic rings. The molecule has 0 N–H and O–H groups in total. The van der Waals surface area contributed by atoms with Crippen molar-refractivity contribution < 1.29 is 9.53 Å². The minimum atomic E-state index is -0.374. The topological polar surface area (TPSA) is 69.9 Å². The van der Waals surface area contributed by atoms with Gasteiger partial charge in [0.15, 0.2) is 0 Å². The molecule has 0 saturated heterocycles. The second kappa shape index (κ2) is 5.90. The van der Waals surface area contributed by atoms with Gasteiger partial charge in [-0.25, -0.2) is 4.79 Å². The van der Waals surface area contributed by atoms with Crippen molar-refractivity contribution in [3.8, 4) is 5.69 Å². The summed E-state index contributed by atoms with van der Waals surface area (Å²) in [6, 6.07) is 9.86. The zero-order chi connectivity index (χ0) is 15.6. The van der Waals surface area contributed by atoms with Gasteiger partial charge in [0.1, 0.15) is 17.8 Å². The van der Waals surface area contributed by atoms with Crippen molar-refractivity contribution >= 4 is 38.7 Å². The number of tetrazole rings is 1. The molecule has 8 heteroatoms. The molecule has 4 rings (SSSR count). The second-order valence-corrected chi connectivity index (χ2v) is 6.55. The number of aromatic nitrogens is 4. The van der Waals surface area contributed by atoms with Gasteiger partial charge < -0.3 is 4.74 Å². The summed E-state index contributed by atoms with van der Waals surface area (Å²) >= 11 is 2.95. The summed E-state index contributed by atoms with van der Waals surface area (Å²) in [6.07, 6.45) is 1.45. The molecule has 0 unspecified atom stereocenters. The predicted octanol–water partition coefficient (Wildman–Crippen LogP) is 3.30. The van der Waals surface area contributed by atoms with Crippen molar-refractivity contribution in [1.82, 2.24) is 20.2 Å². The molecule has 3 aromatic heterocycles. The number of ether oxygens (including phenoxy) is 1. The molecule has 0 amide bonds. The van der Waals surface area contributed by atoms with Gasteiger partial charge in [-0.1, -0.05) is 18.2 Å². The molecular weight excluding hydrogens is 332 g/mol. The Morgan fingerprint density at radius 3 is 3.00 bits per heavy atom. The summed E-state index contributed by atoms with van der Waals surface area (Å²) in [5.41, 5.74) is 1.64. The van der Waals surface area contributed by atoms with Gasteiger partial charge in [-0.3, -0.25) is 0 Å². The fourth-order valence-corrected chi connectivity index (χ4v) is 3.98. The van der Waals surface area contributed by atoms with Crippen LogP contribution in [0.1, 0.15) is 15.2 Å². The molecule has 0 aliphatic carbocycles. The van der Waals surface area contributed by atoms with Crippen LogP contribution in [0.25, 0.3) is 15.8 Å².